The summed E-state index contributed by atoms with van der Waals surface area (Å²) in [6, 6.07) is 6.95. The summed E-state index contributed by atoms with van der Waals surface area (Å²) in [5.41, 5.74) is 1.62. The van der Waals surface area contributed by atoms with Gasteiger partial charge >= 0.3 is 0 Å². The lowest BCUT2D eigenvalue weighted by Crippen LogP contribution is -2.42. The molecule has 0 N–H and O–H groups in total. The largest absolute Gasteiger partial charge is 0.422 e. The van der Waals surface area contributed by atoms with Crippen molar-refractivity contribution in [1.82, 2.24) is 19.5 Å². The molecule has 0 radical (unpaired) electrons. The number of fused-ring (bicyclic) bond motifs is 1. The second-order valence-corrected chi connectivity index (χ2v) is 8.30. The molecule has 1 fully saturated rings. The summed E-state index contributed by atoms with van der Waals surface area (Å²) in [5.74, 6) is 0.811. The van der Waals surface area contributed by atoms with Gasteiger partial charge in [-0.25, -0.2) is 8.42 Å². The summed E-state index contributed by atoms with van der Waals surface area (Å²) < 4.78 is 39.3. The van der Waals surface area contributed by atoms with E-state index in [1.54, 1.807) is 30.5 Å². The van der Waals surface area contributed by atoms with Gasteiger partial charge in [0.1, 0.15) is 6.10 Å². The maximum absolute atomic E-state index is 13.3. The van der Waals surface area contributed by atoms with E-state index in [4.69, 9.17) is 9.15 Å². The van der Waals surface area contributed by atoms with Crippen LogP contribution in [0.15, 0.2) is 39.8 Å². The van der Waals surface area contributed by atoms with E-state index >= 15 is 0 Å². The molecule has 0 amide bonds. The van der Waals surface area contributed by atoms with E-state index in [0.717, 1.165) is 5.56 Å². The molecule has 142 valence electrons. The van der Waals surface area contributed by atoms with Gasteiger partial charge in [-0.1, -0.05) is 13.0 Å². The molecular weight excluding hydrogens is 368 g/mol. The Labute approximate surface area is 157 Å². The van der Waals surface area contributed by atoms with E-state index in [9.17, 15) is 8.42 Å². The Kier molecular flexibility index (Phi) is 4.67. The molecule has 1 aliphatic rings. The van der Waals surface area contributed by atoms with E-state index in [-0.39, 0.29) is 24.6 Å². The lowest BCUT2D eigenvalue weighted by molar-refractivity contribution is -0.0177. The number of nitrogens with zero attached hydrogens (tertiary/aromatic N) is 4. The average Bonchev–Trinajstić information content (AvgIpc) is 3.18. The maximum atomic E-state index is 13.3. The van der Waals surface area contributed by atoms with E-state index in [1.807, 2.05) is 13.8 Å². The van der Waals surface area contributed by atoms with Crippen molar-refractivity contribution in [1.29, 1.82) is 0 Å². The van der Waals surface area contributed by atoms with Gasteiger partial charge in [-0.05, 0) is 30.7 Å². The highest BCUT2D eigenvalue weighted by Crippen LogP contribution is 2.30. The highest BCUT2D eigenvalue weighted by Gasteiger charge is 2.34. The quantitative estimate of drug-likeness (QED) is 0.676. The molecule has 1 atom stereocenters. The number of sulfonamides is 1. The van der Waals surface area contributed by atoms with Crippen molar-refractivity contribution >= 4 is 20.9 Å². The van der Waals surface area contributed by atoms with Crippen LogP contribution in [0.1, 0.15) is 30.4 Å². The Morgan fingerprint density at radius 3 is 2.89 bits per heavy atom. The summed E-state index contributed by atoms with van der Waals surface area (Å²) in [6.07, 6.45) is 1.71. The van der Waals surface area contributed by atoms with Gasteiger partial charge in [0.05, 0.1) is 17.0 Å². The number of ether oxygens (including phenoxy) is 1. The van der Waals surface area contributed by atoms with Crippen LogP contribution in [0.2, 0.25) is 0 Å². The number of hydrogen-bond acceptors (Lipinski definition) is 7. The number of morpholine rings is 1. The maximum Gasteiger partial charge on any atom is 0.246 e. The molecule has 1 saturated heterocycles. The standard InChI is InChI=1S/C18H20N4O4S/c1-3-16-20-21-18(26-16)14-11-22(9-10-25-14)27(23,24)15-7-6-12(2)17-13(15)5-4-8-19-17/h4-8,14H,3,9-11H2,1-2H3. The minimum atomic E-state index is -3.72. The number of rotatable bonds is 4. The molecular formula is C18H20N4O4S. The molecule has 0 bridgehead atoms. The van der Waals surface area contributed by atoms with Gasteiger partial charge in [0.2, 0.25) is 21.8 Å². The smallest absolute Gasteiger partial charge is 0.246 e. The summed E-state index contributed by atoms with van der Waals surface area (Å²) >= 11 is 0. The number of aromatic nitrogens is 3. The van der Waals surface area contributed by atoms with E-state index in [1.165, 1.54) is 4.31 Å². The van der Waals surface area contributed by atoms with Crippen molar-refractivity contribution in [3.63, 3.8) is 0 Å². The molecule has 0 aliphatic carbocycles. The van der Waals surface area contributed by atoms with Gasteiger partial charge < -0.3 is 9.15 Å². The minimum absolute atomic E-state index is 0.128. The zero-order valence-electron chi connectivity index (χ0n) is 15.1. The molecule has 1 aliphatic heterocycles. The summed E-state index contributed by atoms with van der Waals surface area (Å²) in [7, 11) is -3.72. The Hall–Kier alpha value is -2.36. The van der Waals surface area contributed by atoms with Crippen LogP contribution in [0.3, 0.4) is 0 Å². The molecule has 0 saturated carbocycles. The van der Waals surface area contributed by atoms with E-state index in [0.29, 0.717) is 29.1 Å². The van der Waals surface area contributed by atoms with Crippen LogP contribution in [-0.4, -0.2) is 47.6 Å². The Morgan fingerprint density at radius 2 is 2.11 bits per heavy atom. The third kappa shape index (κ3) is 3.22. The lowest BCUT2D eigenvalue weighted by Gasteiger charge is -2.30. The molecule has 1 aromatic carbocycles. The molecule has 8 nitrogen and oxygen atoms in total. The molecule has 0 spiro atoms. The van der Waals surface area contributed by atoms with Gasteiger partial charge in [-0.15, -0.1) is 10.2 Å². The van der Waals surface area contributed by atoms with Crippen LogP contribution in [0.4, 0.5) is 0 Å². The fraction of sp³-hybridized carbons (Fsp3) is 0.389. The van der Waals surface area contributed by atoms with Crippen molar-refractivity contribution in [2.45, 2.75) is 31.3 Å². The van der Waals surface area contributed by atoms with E-state index in [2.05, 4.69) is 15.2 Å². The topological polar surface area (TPSA) is 98.4 Å². The van der Waals surface area contributed by atoms with Crippen molar-refractivity contribution < 1.29 is 17.6 Å². The third-order valence-corrected chi connectivity index (χ3v) is 6.56. The zero-order valence-corrected chi connectivity index (χ0v) is 15.9. The normalized spacial score (nSPS) is 18.8. The van der Waals surface area contributed by atoms with Crippen LogP contribution in [-0.2, 0) is 21.2 Å². The zero-order chi connectivity index (χ0) is 19.0. The fourth-order valence-corrected chi connectivity index (χ4v) is 4.79. The monoisotopic (exact) mass is 388 g/mol. The Morgan fingerprint density at radius 1 is 1.26 bits per heavy atom. The van der Waals surface area contributed by atoms with E-state index < -0.39 is 16.1 Å². The molecule has 1 unspecified atom stereocenters. The number of hydrogen-bond donors (Lipinski definition) is 0. The Bertz CT molecular complexity index is 1080. The third-order valence-electron chi connectivity index (χ3n) is 4.64. The van der Waals surface area contributed by atoms with Gasteiger partial charge in [0, 0.05) is 31.1 Å². The Balaban J connectivity index is 1.69. The molecule has 2 aromatic heterocycles. The van der Waals surface area contributed by atoms with Crippen molar-refractivity contribution in [3.05, 3.63) is 47.8 Å². The van der Waals surface area contributed by atoms with Gasteiger partial charge in [0.15, 0.2) is 0 Å². The molecule has 9 heteroatoms. The summed E-state index contributed by atoms with van der Waals surface area (Å²) in [5, 5.41) is 8.54. The predicted molar refractivity (Wildman–Crippen MR) is 97.6 cm³/mol. The average molecular weight is 388 g/mol. The number of pyridine rings is 1. The highest BCUT2D eigenvalue weighted by molar-refractivity contribution is 7.89. The molecule has 4 rings (SSSR count). The molecule has 3 aromatic rings. The molecule has 3 heterocycles. The van der Waals surface area contributed by atoms with Gasteiger partial charge in [-0.2, -0.15) is 4.31 Å². The van der Waals surface area contributed by atoms with Crippen LogP contribution >= 0.6 is 0 Å². The highest BCUT2D eigenvalue weighted by atomic mass is 32.2. The first-order chi connectivity index (χ1) is 13.0. The first-order valence-electron chi connectivity index (χ1n) is 8.79. The predicted octanol–water partition coefficient (Wildman–Crippen LogP) is 2.25. The second kappa shape index (κ2) is 6.99. The fourth-order valence-electron chi connectivity index (χ4n) is 3.18. The lowest BCUT2D eigenvalue weighted by atomic mass is 10.1. The van der Waals surface area contributed by atoms with Crippen LogP contribution in [0.5, 0.6) is 0 Å². The van der Waals surface area contributed by atoms with Gasteiger partial charge in [0.25, 0.3) is 0 Å². The van der Waals surface area contributed by atoms with Crippen molar-refractivity contribution in [3.8, 4) is 0 Å². The minimum Gasteiger partial charge on any atom is -0.422 e. The first-order valence-corrected chi connectivity index (χ1v) is 10.2. The first kappa shape index (κ1) is 18.0. The molecule has 27 heavy (non-hydrogen) atoms. The number of benzene rings is 1. The van der Waals surface area contributed by atoms with Crippen molar-refractivity contribution in [2.75, 3.05) is 19.7 Å². The van der Waals surface area contributed by atoms with Crippen molar-refractivity contribution in [2.24, 2.45) is 0 Å². The van der Waals surface area contributed by atoms with Gasteiger partial charge in [-0.3, -0.25) is 4.98 Å². The van der Waals surface area contributed by atoms with Crippen LogP contribution in [0.25, 0.3) is 10.9 Å². The van der Waals surface area contributed by atoms with Crippen LogP contribution < -0.4 is 0 Å². The SMILES string of the molecule is CCc1nnc(C2CN(S(=O)(=O)c3ccc(C)c4ncccc34)CCO2)o1. The second-order valence-electron chi connectivity index (χ2n) is 6.39. The number of aryl methyl sites for hydroxylation is 2. The van der Waals surface area contributed by atoms with Crippen LogP contribution in [0, 0.1) is 6.92 Å². The summed E-state index contributed by atoms with van der Waals surface area (Å²) in [4.78, 5) is 4.58. The summed E-state index contributed by atoms with van der Waals surface area (Å²) in [6.45, 7) is 4.48.